The number of aliphatic hydroxyl groups excluding tert-OH is 1. The monoisotopic (exact) mass is 367 g/mol. The highest BCUT2D eigenvalue weighted by Gasteiger charge is 2.45. The van der Waals surface area contributed by atoms with Crippen LogP contribution in [-0.2, 0) is 11.3 Å². The van der Waals surface area contributed by atoms with E-state index in [9.17, 15) is 14.7 Å². The molecule has 3 aromatic rings. The van der Waals surface area contributed by atoms with Crippen LogP contribution in [0.2, 0.25) is 0 Å². The standard InChI is InChI=1S/C19H17N3O5/c23-17(14-5-2-11-27-14)15-16(13-4-1-10-26-13)22(19(25)18(15)24)8-3-7-21-9-6-20-12-21/h1-2,4-6,9-12,16,24H,3,7-8H2/t16-/m1/s1. The van der Waals surface area contributed by atoms with E-state index in [1.165, 1.54) is 23.5 Å². The fraction of sp³-hybridized carbons (Fsp3) is 0.211. The van der Waals surface area contributed by atoms with E-state index in [2.05, 4.69) is 4.98 Å². The van der Waals surface area contributed by atoms with Crippen molar-refractivity contribution in [3.8, 4) is 0 Å². The Labute approximate surface area is 154 Å². The van der Waals surface area contributed by atoms with Gasteiger partial charge in [0.25, 0.3) is 5.91 Å². The first-order chi connectivity index (χ1) is 13.2. The maximum atomic E-state index is 12.8. The molecule has 0 bridgehead atoms. The number of rotatable bonds is 7. The molecule has 0 saturated heterocycles. The summed E-state index contributed by atoms with van der Waals surface area (Å²) in [6.45, 7) is 0.984. The summed E-state index contributed by atoms with van der Waals surface area (Å²) in [6.07, 6.45) is 8.66. The van der Waals surface area contributed by atoms with Crippen LogP contribution in [0.3, 0.4) is 0 Å². The Kier molecular flexibility index (Phi) is 4.37. The number of aryl methyl sites for hydroxylation is 1. The van der Waals surface area contributed by atoms with Gasteiger partial charge in [0.2, 0.25) is 5.78 Å². The summed E-state index contributed by atoms with van der Waals surface area (Å²) in [5, 5.41) is 10.4. The lowest BCUT2D eigenvalue weighted by Crippen LogP contribution is -2.32. The van der Waals surface area contributed by atoms with E-state index in [1.807, 2.05) is 10.8 Å². The number of aromatic nitrogens is 2. The number of hydrogen-bond acceptors (Lipinski definition) is 6. The van der Waals surface area contributed by atoms with Crippen molar-refractivity contribution in [2.24, 2.45) is 0 Å². The van der Waals surface area contributed by atoms with Gasteiger partial charge in [0.15, 0.2) is 11.5 Å². The number of imidazole rings is 1. The van der Waals surface area contributed by atoms with Gasteiger partial charge in [-0.2, -0.15) is 0 Å². The third-order valence-corrected chi connectivity index (χ3v) is 4.48. The Hall–Kier alpha value is -3.55. The van der Waals surface area contributed by atoms with Crippen LogP contribution < -0.4 is 0 Å². The molecule has 8 heteroatoms. The smallest absolute Gasteiger partial charge is 0.290 e. The molecule has 1 aliphatic rings. The second-order valence-corrected chi connectivity index (χ2v) is 6.14. The van der Waals surface area contributed by atoms with Crippen molar-refractivity contribution >= 4 is 11.7 Å². The molecule has 1 aliphatic heterocycles. The van der Waals surface area contributed by atoms with Crippen molar-refractivity contribution in [3.05, 3.63) is 78.4 Å². The number of amides is 1. The zero-order valence-electron chi connectivity index (χ0n) is 14.3. The molecular formula is C19H17N3O5. The fourth-order valence-electron chi connectivity index (χ4n) is 3.24. The Balaban J connectivity index is 1.62. The van der Waals surface area contributed by atoms with Gasteiger partial charge in [-0.15, -0.1) is 0 Å². The predicted molar refractivity (Wildman–Crippen MR) is 92.7 cm³/mol. The summed E-state index contributed by atoms with van der Waals surface area (Å²) >= 11 is 0. The van der Waals surface area contributed by atoms with Crippen molar-refractivity contribution < 1.29 is 23.5 Å². The number of carbonyl (C=O) groups is 2. The minimum atomic E-state index is -0.798. The van der Waals surface area contributed by atoms with Crippen LogP contribution in [0.5, 0.6) is 0 Å². The molecule has 3 aromatic heterocycles. The van der Waals surface area contributed by atoms with E-state index in [0.29, 0.717) is 25.3 Å². The number of carbonyl (C=O) groups excluding carboxylic acids is 2. The van der Waals surface area contributed by atoms with Crippen molar-refractivity contribution in [1.82, 2.24) is 14.5 Å². The summed E-state index contributed by atoms with van der Waals surface area (Å²) < 4.78 is 12.5. The van der Waals surface area contributed by atoms with Crippen LogP contribution >= 0.6 is 0 Å². The van der Waals surface area contributed by atoms with Gasteiger partial charge in [0.1, 0.15) is 11.8 Å². The van der Waals surface area contributed by atoms with Crippen LogP contribution in [0.4, 0.5) is 0 Å². The molecule has 1 N–H and O–H groups in total. The summed E-state index contributed by atoms with van der Waals surface area (Å²) in [7, 11) is 0. The van der Waals surface area contributed by atoms with Crippen molar-refractivity contribution in [2.45, 2.75) is 19.0 Å². The fourth-order valence-corrected chi connectivity index (χ4v) is 3.24. The molecule has 0 radical (unpaired) electrons. The first-order valence-electron chi connectivity index (χ1n) is 8.48. The minimum absolute atomic E-state index is 0.0347. The van der Waals surface area contributed by atoms with Gasteiger partial charge >= 0.3 is 0 Å². The SMILES string of the molecule is O=C(C1=C(O)C(=O)N(CCCn2ccnc2)[C@@H]1c1ccco1)c1ccco1. The first kappa shape index (κ1) is 16.9. The molecule has 0 unspecified atom stereocenters. The van der Waals surface area contributed by atoms with Gasteiger partial charge in [-0.1, -0.05) is 0 Å². The minimum Gasteiger partial charge on any atom is -0.503 e. The van der Waals surface area contributed by atoms with Crippen molar-refractivity contribution in [1.29, 1.82) is 0 Å². The number of aliphatic hydroxyl groups is 1. The molecule has 4 heterocycles. The lowest BCUT2D eigenvalue weighted by atomic mass is 9.99. The van der Waals surface area contributed by atoms with E-state index in [4.69, 9.17) is 8.83 Å². The van der Waals surface area contributed by atoms with Crippen LogP contribution in [0.1, 0.15) is 28.8 Å². The zero-order valence-corrected chi connectivity index (χ0v) is 14.3. The van der Waals surface area contributed by atoms with Crippen LogP contribution in [0, 0.1) is 0 Å². The average Bonchev–Trinajstić information content (AvgIpc) is 3.45. The summed E-state index contributed by atoms with van der Waals surface area (Å²) in [5.74, 6) is -1.24. The molecule has 8 nitrogen and oxygen atoms in total. The number of Topliss-reactive ketones (excluding diaryl/α,β-unsaturated/α-hetero) is 1. The number of furan rings is 2. The van der Waals surface area contributed by atoms with Crippen molar-refractivity contribution in [2.75, 3.05) is 6.54 Å². The average molecular weight is 367 g/mol. The summed E-state index contributed by atoms with van der Waals surface area (Å²) in [6, 6.07) is 5.62. The summed E-state index contributed by atoms with van der Waals surface area (Å²) in [4.78, 5) is 30.9. The molecule has 0 spiro atoms. The molecule has 0 fully saturated rings. The highest BCUT2D eigenvalue weighted by atomic mass is 16.3. The third-order valence-electron chi connectivity index (χ3n) is 4.48. The van der Waals surface area contributed by atoms with Crippen LogP contribution in [-0.4, -0.2) is 37.8 Å². The normalized spacial score (nSPS) is 17.1. The highest BCUT2D eigenvalue weighted by Crippen LogP contribution is 2.39. The van der Waals surface area contributed by atoms with E-state index in [-0.39, 0.29) is 11.3 Å². The van der Waals surface area contributed by atoms with Crippen molar-refractivity contribution in [3.63, 3.8) is 0 Å². The van der Waals surface area contributed by atoms with E-state index in [0.717, 1.165) is 0 Å². The van der Waals surface area contributed by atoms with Gasteiger partial charge in [-0.25, -0.2) is 4.98 Å². The lowest BCUT2D eigenvalue weighted by Gasteiger charge is -2.24. The Morgan fingerprint density at radius 1 is 1.19 bits per heavy atom. The van der Waals surface area contributed by atoms with Crippen LogP contribution in [0.25, 0.3) is 0 Å². The Morgan fingerprint density at radius 2 is 2.00 bits per heavy atom. The number of nitrogens with zero attached hydrogens (tertiary/aromatic N) is 3. The third kappa shape index (κ3) is 3.05. The first-order valence-corrected chi connectivity index (χ1v) is 8.48. The number of hydrogen-bond donors (Lipinski definition) is 1. The molecule has 138 valence electrons. The van der Waals surface area contributed by atoms with E-state index >= 15 is 0 Å². The zero-order chi connectivity index (χ0) is 18.8. The maximum absolute atomic E-state index is 12.8. The Morgan fingerprint density at radius 3 is 2.67 bits per heavy atom. The maximum Gasteiger partial charge on any atom is 0.290 e. The van der Waals surface area contributed by atoms with E-state index in [1.54, 1.807) is 30.7 Å². The molecule has 4 rings (SSSR count). The lowest BCUT2D eigenvalue weighted by molar-refractivity contribution is -0.129. The molecule has 27 heavy (non-hydrogen) atoms. The Bertz CT molecular complexity index is 955. The molecule has 1 amide bonds. The van der Waals surface area contributed by atoms with Gasteiger partial charge in [0.05, 0.1) is 24.4 Å². The van der Waals surface area contributed by atoms with Gasteiger partial charge in [-0.05, 0) is 30.7 Å². The van der Waals surface area contributed by atoms with Crippen LogP contribution in [0.15, 0.2) is 75.7 Å². The second-order valence-electron chi connectivity index (χ2n) is 6.14. The molecule has 0 aliphatic carbocycles. The number of ketones is 1. The van der Waals surface area contributed by atoms with E-state index < -0.39 is 23.5 Å². The topological polar surface area (TPSA) is 102 Å². The molecule has 1 atom stereocenters. The molecule has 0 saturated carbocycles. The molecular weight excluding hydrogens is 350 g/mol. The second kappa shape index (κ2) is 6.99. The van der Waals surface area contributed by atoms with Gasteiger partial charge in [-0.3, -0.25) is 9.59 Å². The highest BCUT2D eigenvalue weighted by molar-refractivity contribution is 6.14. The predicted octanol–water partition coefficient (Wildman–Crippen LogP) is 2.74. The largest absolute Gasteiger partial charge is 0.503 e. The quantitative estimate of drug-likeness (QED) is 0.644. The van der Waals surface area contributed by atoms with Gasteiger partial charge < -0.3 is 23.4 Å². The van der Waals surface area contributed by atoms with Gasteiger partial charge in [0, 0.05) is 25.5 Å². The summed E-state index contributed by atoms with van der Waals surface area (Å²) in [5.41, 5.74) is -0.0347. The molecule has 0 aromatic carbocycles.